The molecule has 1 saturated heterocycles. The molecule has 4 rings (SSSR count). The van der Waals surface area contributed by atoms with Crippen LogP contribution < -0.4 is 0 Å². The van der Waals surface area contributed by atoms with Crippen molar-refractivity contribution >= 4 is 23.2 Å². The van der Waals surface area contributed by atoms with Gasteiger partial charge in [-0.1, -0.05) is 13.8 Å². The molecule has 0 spiro atoms. The molecule has 2 aromatic rings. The van der Waals surface area contributed by atoms with E-state index < -0.39 is 5.54 Å². The van der Waals surface area contributed by atoms with E-state index in [1.165, 1.54) is 4.90 Å². The number of carbonyl (C=O) groups excluding carboxylic acids is 1. The molecule has 0 unspecified atom stereocenters. The minimum Gasteiger partial charge on any atom is -0.333 e. The third-order valence-corrected chi connectivity index (χ3v) is 7.97. The van der Waals surface area contributed by atoms with Gasteiger partial charge in [0, 0.05) is 42.9 Å². The number of rotatable bonds is 6. The molecule has 2 fully saturated rings. The van der Waals surface area contributed by atoms with Crippen molar-refractivity contribution in [3.63, 3.8) is 0 Å². The number of pyridine rings is 1. The van der Waals surface area contributed by atoms with Gasteiger partial charge in [0.05, 0.1) is 17.3 Å². The second kappa shape index (κ2) is 7.06. The lowest BCUT2D eigenvalue weighted by atomic mass is 10.0. The van der Waals surface area contributed by atoms with E-state index in [-0.39, 0.29) is 11.8 Å². The quantitative estimate of drug-likeness (QED) is 0.695. The fourth-order valence-corrected chi connectivity index (χ4v) is 5.57. The Balaban J connectivity index is 1.58. The number of carbonyl (C=O) groups is 1. The van der Waals surface area contributed by atoms with Gasteiger partial charge in [-0.3, -0.25) is 4.79 Å². The van der Waals surface area contributed by atoms with Crippen molar-refractivity contribution in [1.29, 1.82) is 0 Å². The van der Waals surface area contributed by atoms with Gasteiger partial charge in [-0.25, -0.2) is 4.98 Å². The maximum atomic E-state index is 13.2. The second-order valence-electron chi connectivity index (χ2n) is 9.45. The molecule has 1 aliphatic carbocycles. The summed E-state index contributed by atoms with van der Waals surface area (Å²) in [5.41, 5.74) is 0.662. The zero-order chi connectivity index (χ0) is 20.2. The van der Waals surface area contributed by atoms with Gasteiger partial charge in [0.1, 0.15) is 5.82 Å². The summed E-state index contributed by atoms with van der Waals surface area (Å²) in [6, 6.07) is 4.25. The minimum atomic E-state index is -0.465. The lowest BCUT2D eigenvalue weighted by Gasteiger charge is -2.35. The zero-order valence-electron chi connectivity index (χ0n) is 17.8. The van der Waals surface area contributed by atoms with E-state index in [0.29, 0.717) is 17.8 Å². The van der Waals surface area contributed by atoms with Crippen molar-refractivity contribution in [3.8, 4) is 0 Å². The SMILES string of the molecule is CC(C)CSc1cccn2c(C(C)(C)N(C)C(=O)[C@H]3[C@@H]4CN(C)C[C@@H]43)ncc12. The van der Waals surface area contributed by atoms with Crippen molar-refractivity contribution in [3.05, 3.63) is 30.4 Å². The van der Waals surface area contributed by atoms with Gasteiger partial charge in [-0.15, -0.1) is 11.8 Å². The number of aromatic nitrogens is 2. The lowest BCUT2D eigenvalue weighted by Crippen LogP contribution is -2.45. The van der Waals surface area contributed by atoms with Crippen molar-refractivity contribution in [1.82, 2.24) is 19.2 Å². The summed E-state index contributed by atoms with van der Waals surface area (Å²) in [4.78, 5) is 23.5. The second-order valence-corrected chi connectivity index (χ2v) is 10.5. The van der Waals surface area contributed by atoms with E-state index in [4.69, 9.17) is 4.98 Å². The average molecular weight is 401 g/mol. The van der Waals surface area contributed by atoms with Crippen LogP contribution in [0.4, 0.5) is 0 Å². The van der Waals surface area contributed by atoms with E-state index in [9.17, 15) is 4.79 Å². The Morgan fingerprint density at radius 3 is 2.68 bits per heavy atom. The largest absolute Gasteiger partial charge is 0.333 e. The molecule has 2 aliphatic rings. The van der Waals surface area contributed by atoms with Gasteiger partial charge >= 0.3 is 0 Å². The van der Waals surface area contributed by atoms with Gasteiger partial charge in [0.25, 0.3) is 0 Å². The molecule has 2 aromatic heterocycles. The Hall–Kier alpha value is -1.53. The molecular weight excluding hydrogens is 368 g/mol. The standard InChI is InChI=1S/C22H32N4OS/c1-14(2)13-28-18-8-7-9-26-17(18)10-23-21(26)22(3,4)25(6)20(27)19-15-11-24(5)12-16(15)19/h7-10,14-16,19H,11-13H2,1-6H3/t15-,16+,19+. The maximum absolute atomic E-state index is 13.2. The Morgan fingerprint density at radius 1 is 1.36 bits per heavy atom. The van der Waals surface area contributed by atoms with Gasteiger partial charge in [-0.2, -0.15) is 0 Å². The molecule has 6 heteroatoms. The normalized spacial score (nSPS) is 24.8. The van der Waals surface area contributed by atoms with Crippen LogP contribution in [0.15, 0.2) is 29.4 Å². The smallest absolute Gasteiger partial charge is 0.226 e. The first-order valence-corrected chi connectivity index (χ1v) is 11.3. The molecule has 28 heavy (non-hydrogen) atoms. The van der Waals surface area contributed by atoms with Crippen molar-refractivity contribution < 1.29 is 4.79 Å². The fourth-order valence-electron chi connectivity index (χ4n) is 4.58. The van der Waals surface area contributed by atoms with E-state index >= 15 is 0 Å². The number of likely N-dealkylation sites (tertiary alicyclic amines) is 1. The molecule has 1 aliphatic heterocycles. The summed E-state index contributed by atoms with van der Waals surface area (Å²) >= 11 is 1.88. The Kier molecular flexibility index (Phi) is 4.99. The number of hydrogen-bond acceptors (Lipinski definition) is 4. The first-order chi connectivity index (χ1) is 13.2. The van der Waals surface area contributed by atoms with Crippen LogP contribution in [0, 0.1) is 23.7 Å². The molecule has 1 amide bonds. The number of piperidine rings is 1. The maximum Gasteiger partial charge on any atom is 0.226 e. The molecule has 3 heterocycles. The molecule has 5 nitrogen and oxygen atoms in total. The highest BCUT2D eigenvalue weighted by atomic mass is 32.2. The summed E-state index contributed by atoms with van der Waals surface area (Å²) in [5.74, 6) is 4.22. The van der Waals surface area contributed by atoms with E-state index in [1.807, 2.05) is 29.9 Å². The third kappa shape index (κ3) is 3.24. The molecule has 1 saturated carbocycles. The van der Waals surface area contributed by atoms with Gasteiger partial charge < -0.3 is 14.2 Å². The Morgan fingerprint density at radius 2 is 2.04 bits per heavy atom. The van der Waals surface area contributed by atoms with Crippen LogP contribution in [0.3, 0.4) is 0 Å². The van der Waals surface area contributed by atoms with Crippen LogP contribution >= 0.6 is 11.8 Å². The monoisotopic (exact) mass is 400 g/mol. The summed E-state index contributed by atoms with van der Waals surface area (Å²) in [5, 5.41) is 0. The van der Waals surface area contributed by atoms with Gasteiger partial charge in [0.2, 0.25) is 5.91 Å². The van der Waals surface area contributed by atoms with Crippen molar-refractivity contribution in [2.75, 3.05) is 32.9 Å². The van der Waals surface area contributed by atoms with Crippen LogP contribution in [0.5, 0.6) is 0 Å². The predicted molar refractivity (Wildman–Crippen MR) is 115 cm³/mol. The topological polar surface area (TPSA) is 40.9 Å². The third-order valence-electron chi connectivity index (χ3n) is 6.48. The molecule has 0 bridgehead atoms. The van der Waals surface area contributed by atoms with Crippen LogP contribution in [0.25, 0.3) is 5.52 Å². The number of nitrogens with zero attached hydrogens (tertiary/aromatic N) is 4. The highest BCUT2D eigenvalue weighted by molar-refractivity contribution is 7.99. The van der Waals surface area contributed by atoms with Crippen molar-refractivity contribution in [2.45, 2.75) is 38.1 Å². The van der Waals surface area contributed by atoms with Crippen LogP contribution in [-0.2, 0) is 10.3 Å². The summed E-state index contributed by atoms with van der Waals surface area (Å²) < 4.78 is 2.16. The number of amides is 1. The van der Waals surface area contributed by atoms with E-state index in [1.54, 1.807) is 0 Å². The Bertz CT molecular complexity index is 878. The first kappa shape index (κ1) is 19.8. The fraction of sp³-hybridized carbons (Fsp3) is 0.636. The highest BCUT2D eigenvalue weighted by Gasteiger charge is 2.60. The number of hydrogen-bond donors (Lipinski definition) is 0. The number of thioether (sulfide) groups is 1. The molecule has 0 aromatic carbocycles. The summed E-state index contributed by atoms with van der Waals surface area (Å²) in [7, 11) is 4.09. The highest BCUT2D eigenvalue weighted by Crippen LogP contribution is 2.52. The van der Waals surface area contributed by atoms with Gasteiger partial charge in [-0.05, 0) is 50.8 Å². The van der Waals surface area contributed by atoms with Crippen LogP contribution in [0.2, 0.25) is 0 Å². The van der Waals surface area contributed by atoms with E-state index in [0.717, 1.165) is 30.2 Å². The zero-order valence-corrected chi connectivity index (χ0v) is 18.7. The Labute approximate surface area is 172 Å². The average Bonchev–Trinajstić information content (AvgIpc) is 2.98. The molecule has 152 valence electrons. The summed E-state index contributed by atoms with van der Waals surface area (Å²) in [6.07, 6.45) is 4.02. The van der Waals surface area contributed by atoms with E-state index in [2.05, 4.69) is 62.4 Å². The summed E-state index contributed by atoms with van der Waals surface area (Å²) in [6.45, 7) is 10.8. The lowest BCUT2D eigenvalue weighted by molar-refractivity contribution is -0.137. The number of imidazole rings is 1. The number of fused-ring (bicyclic) bond motifs is 2. The van der Waals surface area contributed by atoms with Crippen LogP contribution in [0.1, 0.15) is 33.5 Å². The van der Waals surface area contributed by atoms with Crippen LogP contribution in [-0.4, -0.2) is 58.0 Å². The van der Waals surface area contributed by atoms with Crippen molar-refractivity contribution in [2.24, 2.45) is 23.7 Å². The molecular formula is C22H32N4OS. The predicted octanol–water partition coefficient (Wildman–Crippen LogP) is 3.58. The first-order valence-electron chi connectivity index (χ1n) is 10.3. The minimum absolute atomic E-state index is 0.198. The molecule has 3 atom stereocenters. The molecule has 0 N–H and O–H groups in total. The molecule has 0 radical (unpaired) electrons. The van der Waals surface area contributed by atoms with Gasteiger partial charge in [0.15, 0.2) is 0 Å².